The minimum absolute atomic E-state index is 0.0139. The van der Waals surface area contributed by atoms with Crippen LogP contribution < -0.4 is 0 Å². The first-order chi connectivity index (χ1) is 9.63. The summed E-state index contributed by atoms with van der Waals surface area (Å²) in [6.45, 7) is 4.43. The summed E-state index contributed by atoms with van der Waals surface area (Å²) in [5, 5.41) is 0. The molecule has 1 fully saturated rings. The Bertz CT molecular complexity index is 621. The fraction of sp³-hybridized carbons (Fsp3) is 0.600. The Labute approximate surface area is 134 Å². The number of benzene rings is 1. The van der Waals surface area contributed by atoms with Crippen molar-refractivity contribution in [3.63, 3.8) is 0 Å². The molecule has 1 saturated carbocycles. The molecule has 0 aliphatic heterocycles. The maximum Gasteiger partial charge on any atom is 0.244 e. The summed E-state index contributed by atoms with van der Waals surface area (Å²) >= 11 is 3.15. The van der Waals surface area contributed by atoms with E-state index in [1.807, 2.05) is 0 Å². The van der Waals surface area contributed by atoms with Gasteiger partial charge in [0.2, 0.25) is 10.0 Å². The predicted octanol–water partition coefficient (Wildman–Crippen LogP) is 4.18. The van der Waals surface area contributed by atoms with E-state index in [4.69, 9.17) is 0 Å². The average molecular weight is 378 g/mol. The van der Waals surface area contributed by atoms with Gasteiger partial charge < -0.3 is 0 Å². The molecule has 118 valence electrons. The van der Waals surface area contributed by atoms with Gasteiger partial charge in [0, 0.05) is 17.6 Å². The van der Waals surface area contributed by atoms with Crippen LogP contribution in [0.2, 0.25) is 0 Å². The first-order valence-electron chi connectivity index (χ1n) is 7.07. The first-order valence-corrected chi connectivity index (χ1v) is 9.30. The van der Waals surface area contributed by atoms with E-state index in [-0.39, 0.29) is 20.8 Å². The second-order valence-corrected chi connectivity index (χ2v) is 9.31. The van der Waals surface area contributed by atoms with Crippen molar-refractivity contribution >= 4 is 26.0 Å². The van der Waals surface area contributed by atoms with Crippen LogP contribution in [0.5, 0.6) is 0 Å². The normalized spacial score (nSPS) is 19.9. The summed E-state index contributed by atoms with van der Waals surface area (Å²) in [7, 11) is -1.98. The smallest absolute Gasteiger partial charge is 0.207 e. The second-order valence-electron chi connectivity index (χ2n) is 6.49. The predicted molar refractivity (Wildman–Crippen MR) is 85.1 cm³/mol. The molecule has 2 rings (SSSR count). The zero-order valence-corrected chi connectivity index (χ0v) is 15.0. The van der Waals surface area contributed by atoms with Gasteiger partial charge in [-0.1, -0.05) is 13.8 Å². The molecule has 0 N–H and O–H groups in total. The van der Waals surface area contributed by atoms with E-state index >= 15 is 0 Å². The highest BCUT2D eigenvalue weighted by Gasteiger charge is 2.34. The standard InChI is InChI=1S/C15H21BrFNO2S/c1-15(2)8-6-12(7-9-15)18(3)21(19,20)14-5-4-11(17)10-13(14)16/h4-5,10,12H,6-9H2,1-3H3. The van der Waals surface area contributed by atoms with Gasteiger partial charge in [-0.3, -0.25) is 0 Å². The van der Waals surface area contributed by atoms with E-state index in [1.165, 1.54) is 22.5 Å². The Morgan fingerprint density at radius 2 is 1.86 bits per heavy atom. The minimum atomic E-state index is -3.60. The van der Waals surface area contributed by atoms with Crippen molar-refractivity contribution in [2.45, 2.75) is 50.5 Å². The Morgan fingerprint density at radius 1 is 1.29 bits per heavy atom. The molecule has 0 bridgehead atoms. The highest BCUT2D eigenvalue weighted by molar-refractivity contribution is 9.10. The van der Waals surface area contributed by atoms with Crippen LogP contribution in [-0.4, -0.2) is 25.8 Å². The lowest BCUT2D eigenvalue weighted by Gasteiger charge is -2.38. The fourth-order valence-electron chi connectivity index (χ4n) is 2.78. The lowest BCUT2D eigenvalue weighted by atomic mass is 9.76. The molecule has 0 aromatic heterocycles. The topological polar surface area (TPSA) is 37.4 Å². The van der Waals surface area contributed by atoms with Gasteiger partial charge >= 0.3 is 0 Å². The van der Waals surface area contributed by atoms with Crippen molar-refractivity contribution in [1.82, 2.24) is 4.31 Å². The highest BCUT2D eigenvalue weighted by Crippen LogP contribution is 2.38. The molecule has 1 aromatic rings. The molecule has 6 heteroatoms. The Balaban J connectivity index is 2.23. The summed E-state index contributed by atoms with van der Waals surface area (Å²) in [6.07, 6.45) is 3.76. The third-order valence-electron chi connectivity index (χ3n) is 4.37. The summed E-state index contributed by atoms with van der Waals surface area (Å²) in [6, 6.07) is 3.69. The van der Waals surface area contributed by atoms with E-state index < -0.39 is 15.8 Å². The van der Waals surface area contributed by atoms with Crippen LogP contribution in [-0.2, 0) is 10.0 Å². The van der Waals surface area contributed by atoms with Crippen molar-refractivity contribution in [3.8, 4) is 0 Å². The fourth-order valence-corrected chi connectivity index (χ4v) is 5.21. The number of hydrogen-bond donors (Lipinski definition) is 0. The van der Waals surface area contributed by atoms with Crippen LogP contribution in [0, 0.1) is 11.2 Å². The third kappa shape index (κ3) is 3.66. The van der Waals surface area contributed by atoms with Crippen molar-refractivity contribution in [1.29, 1.82) is 0 Å². The van der Waals surface area contributed by atoms with Crippen molar-refractivity contribution in [3.05, 3.63) is 28.5 Å². The summed E-state index contributed by atoms with van der Waals surface area (Å²) in [4.78, 5) is 0.122. The molecule has 0 atom stereocenters. The molecule has 21 heavy (non-hydrogen) atoms. The Hall–Kier alpha value is -0.460. The number of sulfonamides is 1. The molecule has 1 aromatic carbocycles. The van der Waals surface area contributed by atoms with Crippen molar-refractivity contribution < 1.29 is 12.8 Å². The van der Waals surface area contributed by atoms with Gasteiger partial charge in [0.1, 0.15) is 5.82 Å². The zero-order valence-electron chi connectivity index (χ0n) is 12.6. The maximum atomic E-state index is 13.1. The lowest BCUT2D eigenvalue weighted by Crippen LogP contribution is -2.40. The van der Waals surface area contributed by atoms with Crippen LogP contribution in [0.25, 0.3) is 0 Å². The van der Waals surface area contributed by atoms with Gasteiger partial charge in [0.05, 0.1) is 4.90 Å². The molecular formula is C15H21BrFNO2S. The SMILES string of the molecule is CN(C1CCC(C)(C)CC1)S(=O)(=O)c1ccc(F)cc1Br. The van der Waals surface area contributed by atoms with Crippen LogP contribution in [0.1, 0.15) is 39.5 Å². The summed E-state index contributed by atoms with van der Waals surface area (Å²) in [5.74, 6) is -0.456. The van der Waals surface area contributed by atoms with E-state index in [0.29, 0.717) is 0 Å². The minimum Gasteiger partial charge on any atom is -0.207 e. The van der Waals surface area contributed by atoms with Gasteiger partial charge in [0.25, 0.3) is 0 Å². The number of rotatable bonds is 3. The van der Waals surface area contributed by atoms with E-state index in [0.717, 1.165) is 25.7 Å². The van der Waals surface area contributed by atoms with Crippen LogP contribution in [0.15, 0.2) is 27.6 Å². The highest BCUT2D eigenvalue weighted by atomic mass is 79.9. The van der Waals surface area contributed by atoms with E-state index in [2.05, 4.69) is 29.8 Å². The van der Waals surface area contributed by atoms with Crippen molar-refractivity contribution in [2.75, 3.05) is 7.05 Å². The van der Waals surface area contributed by atoms with E-state index in [9.17, 15) is 12.8 Å². The van der Waals surface area contributed by atoms with Gasteiger partial charge in [-0.15, -0.1) is 0 Å². The molecule has 0 spiro atoms. The van der Waals surface area contributed by atoms with Crippen molar-refractivity contribution in [2.24, 2.45) is 5.41 Å². The Kier molecular flexibility index (Phi) is 4.81. The van der Waals surface area contributed by atoms with Gasteiger partial charge in [-0.2, -0.15) is 4.31 Å². The lowest BCUT2D eigenvalue weighted by molar-refractivity contribution is 0.174. The number of hydrogen-bond acceptors (Lipinski definition) is 2. The first kappa shape index (κ1) is 16.9. The van der Waals surface area contributed by atoms with Crippen LogP contribution in [0.3, 0.4) is 0 Å². The molecule has 0 radical (unpaired) electrons. The second kappa shape index (κ2) is 5.97. The quantitative estimate of drug-likeness (QED) is 0.792. The molecule has 0 heterocycles. The monoisotopic (exact) mass is 377 g/mol. The maximum absolute atomic E-state index is 13.1. The number of halogens is 2. The van der Waals surface area contributed by atoms with Gasteiger partial charge in [-0.25, -0.2) is 12.8 Å². The largest absolute Gasteiger partial charge is 0.244 e. The zero-order chi connectivity index (χ0) is 15.8. The van der Waals surface area contributed by atoms with Gasteiger partial charge in [0.15, 0.2) is 0 Å². The molecule has 1 aliphatic carbocycles. The summed E-state index contributed by atoms with van der Waals surface area (Å²) < 4.78 is 40.2. The molecular weight excluding hydrogens is 357 g/mol. The third-order valence-corrected chi connectivity index (χ3v) is 7.26. The molecule has 1 aliphatic rings. The molecule has 0 unspecified atom stereocenters. The molecule has 3 nitrogen and oxygen atoms in total. The summed E-state index contributed by atoms with van der Waals surface area (Å²) in [5.41, 5.74) is 0.289. The molecule has 0 amide bonds. The van der Waals surface area contributed by atoms with Gasteiger partial charge in [-0.05, 0) is 65.2 Å². The van der Waals surface area contributed by atoms with Crippen LogP contribution >= 0.6 is 15.9 Å². The molecule has 0 saturated heterocycles. The number of nitrogens with zero attached hydrogens (tertiary/aromatic N) is 1. The van der Waals surface area contributed by atoms with E-state index in [1.54, 1.807) is 7.05 Å². The Morgan fingerprint density at radius 3 is 2.38 bits per heavy atom. The average Bonchev–Trinajstić information content (AvgIpc) is 2.37. The van der Waals surface area contributed by atoms with Crippen LogP contribution in [0.4, 0.5) is 4.39 Å².